The van der Waals surface area contributed by atoms with Crippen molar-refractivity contribution in [2.75, 3.05) is 12.3 Å². The first-order valence-electron chi connectivity index (χ1n) is 6.31. The molecule has 3 N–H and O–H groups in total. The van der Waals surface area contributed by atoms with Crippen molar-refractivity contribution < 1.29 is 9.72 Å². The lowest BCUT2D eigenvalue weighted by Crippen LogP contribution is -2.28. The van der Waals surface area contributed by atoms with Crippen molar-refractivity contribution in [2.24, 2.45) is 5.92 Å². The maximum atomic E-state index is 11.9. The smallest absolute Gasteiger partial charge is 0.292 e. The first kappa shape index (κ1) is 14.9. The lowest BCUT2D eigenvalue weighted by Gasteiger charge is -2.13. The maximum absolute atomic E-state index is 11.9. The molecular formula is C13H19N3O3. The van der Waals surface area contributed by atoms with Crippen molar-refractivity contribution in [1.29, 1.82) is 0 Å². The van der Waals surface area contributed by atoms with Crippen LogP contribution in [-0.2, 0) is 0 Å². The van der Waals surface area contributed by atoms with Gasteiger partial charge in [0.05, 0.1) is 4.92 Å². The van der Waals surface area contributed by atoms with Crippen LogP contribution in [0.4, 0.5) is 11.4 Å². The highest BCUT2D eigenvalue weighted by atomic mass is 16.6. The molecule has 0 spiro atoms. The van der Waals surface area contributed by atoms with E-state index in [0.717, 1.165) is 12.8 Å². The third kappa shape index (κ3) is 3.94. The van der Waals surface area contributed by atoms with E-state index in [4.69, 9.17) is 5.73 Å². The molecule has 0 unspecified atom stereocenters. The van der Waals surface area contributed by atoms with E-state index in [1.165, 1.54) is 18.2 Å². The van der Waals surface area contributed by atoms with Crippen molar-refractivity contribution in [3.63, 3.8) is 0 Å². The fraction of sp³-hybridized carbons (Fsp3) is 0.462. The number of carbonyl (C=O) groups is 1. The minimum absolute atomic E-state index is 0.000169. The molecule has 0 atom stereocenters. The van der Waals surface area contributed by atoms with E-state index in [2.05, 4.69) is 19.2 Å². The van der Waals surface area contributed by atoms with Gasteiger partial charge in [-0.1, -0.05) is 26.7 Å². The summed E-state index contributed by atoms with van der Waals surface area (Å²) in [7, 11) is 0. The van der Waals surface area contributed by atoms with E-state index in [0.29, 0.717) is 18.0 Å². The summed E-state index contributed by atoms with van der Waals surface area (Å²) >= 11 is 0. The molecule has 1 rings (SSSR count). The largest absolute Gasteiger partial charge is 0.393 e. The molecule has 0 aliphatic heterocycles. The summed E-state index contributed by atoms with van der Waals surface area (Å²) in [4.78, 5) is 21.9. The zero-order chi connectivity index (χ0) is 14.4. The fourth-order valence-electron chi connectivity index (χ4n) is 1.78. The Hall–Kier alpha value is -2.11. The molecule has 0 aromatic heterocycles. The Bertz CT molecular complexity index is 470. The van der Waals surface area contributed by atoms with Crippen molar-refractivity contribution >= 4 is 17.3 Å². The van der Waals surface area contributed by atoms with Crippen LogP contribution in [0.25, 0.3) is 0 Å². The minimum Gasteiger partial charge on any atom is -0.393 e. The molecule has 0 aliphatic rings. The SMILES string of the molecule is CCC(CC)CNC(=O)c1ccc([N+](=O)[O-])c(N)c1. The Kier molecular flexibility index (Phi) is 5.29. The van der Waals surface area contributed by atoms with Gasteiger partial charge >= 0.3 is 0 Å². The van der Waals surface area contributed by atoms with Gasteiger partial charge in [0, 0.05) is 18.2 Å². The minimum atomic E-state index is -0.568. The molecule has 0 aliphatic carbocycles. The molecule has 6 heteroatoms. The summed E-state index contributed by atoms with van der Waals surface area (Å²) in [6.07, 6.45) is 2.00. The molecule has 0 saturated carbocycles. The molecule has 1 amide bonds. The maximum Gasteiger partial charge on any atom is 0.292 e. The molecule has 1 aromatic rings. The highest BCUT2D eigenvalue weighted by Crippen LogP contribution is 2.22. The van der Waals surface area contributed by atoms with Crippen LogP contribution < -0.4 is 11.1 Å². The normalized spacial score (nSPS) is 10.5. The van der Waals surface area contributed by atoms with Gasteiger partial charge in [0.25, 0.3) is 11.6 Å². The van der Waals surface area contributed by atoms with Gasteiger partial charge in [0.15, 0.2) is 0 Å². The zero-order valence-electron chi connectivity index (χ0n) is 11.2. The van der Waals surface area contributed by atoms with Gasteiger partial charge in [0.2, 0.25) is 0 Å². The van der Waals surface area contributed by atoms with E-state index in [1.54, 1.807) is 0 Å². The summed E-state index contributed by atoms with van der Waals surface area (Å²) < 4.78 is 0. The zero-order valence-corrected chi connectivity index (χ0v) is 11.2. The number of carbonyl (C=O) groups excluding carboxylic acids is 1. The molecule has 0 heterocycles. The van der Waals surface area contributed by atoms with Gasteiger partial charge in [0.1, 0.15) is 5.69 Å². The summed E-state index contributed by atoms with van der Waals surface area (Å²) in [5.74, 6) is 0.188. The fourth-order valence-corrected chi connectivity index (χ4v) is 1.78. The Balaban J connectivity index is 2.73. The number of benzene rings is 1. The van der Waals surface area contributed by atoms with Crippen LogP contribution in [0.2, 0.25) is 0 Å². The molecule has 0 saturated heterocycles. The van der Waals surface area contributed by atoms with E-state index in [-0.39, 0.29) is 17.3 Å². The lowest BCUT2D eigenvalue weighted by atomic mass is 10.0. The van der Waals surface area contributed by atoms with Gasteiger partial charge in [-0.3, -0.25) is 14.9 Å². The Morgan fingerprint density at radius 1 is 1.42 bits per heavy atom. The standard InChI is InChI=1S/C13H19N3O3/c1-3-9(4-2)8-15-13(17)10-5-6-12(16(18)19)11(14)7-10/h5-7,9H,3-4,8,14H2,1-2H3,(H,15,17). The number of hydrogen-bond acceptors (Lipinski definition) is 4. The highest BCUT2D eigenvalue weighted by Gasteiger charge is 2.15. The van der Waals surface area contributed by atoms with Gasteiger partial charge < -0.3 is 11.1 Å². The average molecular weight is 265 g/mol. The predicted octanol–water partition coefficient (Wildman–Crippen LogP) is 2.34. The molecular weight excluding hydrogens is 246 g/mol. The monoisotopic (exact) mass is 265 g/mol. The van der Waals surface area contributed by atoms with E-state index in [9.17, 15) is 14.9 Å². The third-order valence-electron chi connectivity index (χ3n) is 3.19. The molecule has 104 valence electrons. The Morgan fingerprint density at radius 3 is 2.53 bits per heavy atom. The number of anilines is 1. The second kappa shape index (κ2) is 6.72. The molecule has 6 nitrogen and oxygen atoms in total. The Labute approximate surface area is 112 Å². The molecule has 19 heavy (non-hydrogen) atoms. The highest BCUT2D eigenvalue weighted by molar-refractivity contribution is 5.95. The van der Waals surface area contributed by atoms with Crippen LogP contribution in [0.3, 0.4) is 0 Å². The van der Waals surface area contributed by atoms with Gasteiger partial charge in [-0.05, 0) is 18.1 Å². The first-order chi connectivity index (χ1) is 8.99. The number of amides is 1. The van der Waals surface area contributed by atoms with E-state index >= 15 is 0 Å². The third-order valence-corrected chi connectivity index (χ3v) is 3.19. The molecule has 0 radical (unpaired) electrons. The summed E-state index contributed by atoms with van der Waals surface area (Å²) in [5.41, 5.74) is 5.70. The van der Waals surface area contributed by atoms with E-state index in [1.807, 2.05) is 0 Å². The van der Waals surface area contributed by atoms with Crippen LogP contribution >= 0.6 is 0 Å². The second-order valence-electron chi connectivity index (χ2n) is 4.42. The number of hydrogen-bond donors (Lipinski definition) is 2. The van der Waals surface area contributed by atoms with E-state index < -0.39 is 4.92 Å². The molecule has 0 fully saturated rings. The first-order valence-corrected chi connectivity index (χ1v) is 6.31. The molecule has 1 aromatic carbocycles. The Morgan fingerprint density at radius 2 is 2.05 bits per heavy atom. The van der Waals surface area contributed by atoms with Crippen LogP contribution in [0.5, 0.6) is 0 Å². The number of nitro groups is 1. The topological polar surface area (TPSA) is 98.3 Å². The number of nitrogens with one attached hydrogen (secondary N) is 1. The van der Waals surface area contributed by atoms with Crippen molar-refractivity contribution in [2.45, 2.75) is 26.7 Å². The number of nitrogen functional groups attached to an aromatic ring is 1. The van der Waals surface area contributed by atoms with Crippen molar-refractivity contribution in [3.05, 3.63) is 33.9 Å². The summed E-state index contributed by atoms with van der Waals surface area (Å²) in [5, 5.41) is 13.4. The number of nitrogens with two attached hydrogens (primary N) is 1. The van der Waals surface area contributed by atoms with Gasteiger partial charge in [-0.15, -0.1) is 0 Å². The van der Waals surface area contributed by atoms with Crippen molar-refractivity contribution in [1.82, 2.24) is 5.32 Å². The average Bonchev–Trinajstić information content (AvgIpc) is 2.39. The van der Waals surface area contributed by atoms with Gasteiger partial charge in [-0.25, -0.2) is 0 Å². The van der Waals surface area contributed by atoms with Gasteiger partial charge in [-0.2, -0.15) is 0 Å². The number of nitro benzene ring substituents is 1. The second-order valence-corrected chi connectivity index (χ2v) is 4.42. The summed E-state index contributed by atoms with van der Waals surface area (Å²) in [6, 6.07) is 4.00. The quantitative estimate of drug-likeness (QED) is 0.468. The number of nitrogens with zero attached hydrogens (tertiary/aromatic N) is 1. The van der Waals surface area contributed by atoms with Crippen LogP contribution in [-0.4, -0.2) is 17.4 Å². The lowest BCUT2D eigenvalue weighted by molar-refractivity contribution is -0.383. The summed E-state index contributed by atoms with van der Waals surface area (Å²) in [6.45, 7) is 4.75. The number of rotatable bonds is 6. The predicted molar refractivity (Wildman–Crippen MR) is 73.9 cm³/mol. The van der Waals surface area contributed by atoms with Crippen LogP contribution in [0.15, 0.2) is 18.2 Å². The van der Waals surface area contributed by atoms with Crippen molar-refractivity contribution in [3.8, 4) is 0 Å². The van der Waals surface area contributed by atoms with Crippen LogP contribution in [0, 0.1) is 16.0 Å². The van der Waals surface area contributed by atoms with Crippen LogP contribution in [0.1, 0.15) is 37.0 Å². The molecule has 0 bridgehead atoms.